The second-order valence-corrected chi connectivity index (χ2v) is 11.9. The van der Waals surface area contributed by atoms with Crippen LogP contribution in [0.3, 0.4) is 0 Å². The van der Waals surface area contributed by atoms with E-state index >= 15 is 0 Å². The first-order valence-electron chi connectivity index (χ1n) is 12.1. The number of aryl methyl sites for hydroxylation is 2. The standard InChI is InChI=1S/C28H29N3O5S2/c1-5-36-25(32)18-31-26-20(3)15-19(2)16-24(26)37-28(31)29-27(33)22-11-13-23(14-12-22)38(34,35)30(4)17-21-9-7-6-8-10-21/h6-16H,5,17-18H2,1-4H3. The first-order valence-corrected chi connectivity index (χ1v) is 14.3. The maximum absolute atomic E-state index is 13.1. The summed E-state index contributed by atoms with van der Waals surface area (Å²) >= 11 is 1.31. The summed E-state index contributed by atoms with van der Waals surface area (Å²) in [6.07, 6.45) is 0. The highest BCUT2D eigenvalue weighted by Gasteiger charge is 2.21. The van der Waals surface area contributed by atoms with Crippen LogP contribution in [0.2, 0.25) is 0 Å². The molecule has 0 aliphatic heterocycles. The number of esters is 1. The van der Waals surface area contributed by atoms with Crippen LogP contribution in [0.5, 0.6) is 0 Å². The summed E-state index contributed by atoms with van der Waals surface area (Å²) in [6, 6.07) is 19.0. The van der Waals surface area contributed by atoms with Crippen molar-refractivity contribution in [3.63, 3.8) is 0 Å². The predicted octanol–water partition coefficient (Wildman–Crippen LogP) is 4.44. The van der Waals surface area contributed by atoms with Gasteiger partial charge in [0.25, 0.3) is 5.91 Å². The molecule has 0 saturated carbocycles. The van der Waals surface area contributed by atoms with Crippen molar-refractivity contribution in [3.05, 3.63) is 93.8 Å². The Kier molecular flexibility index (Phi) is 8.25. The zero-order chi connectivity index (χ0) is 27.4. The summed E-state index contributed by atoms with van der Waals surface area (Å²) in [5.74, 6) is -0.958. The molecule has 0 fully saturated rings. The third kappa shape index (κ3) is 5.93. The van der Waals surface area contributed by atoms with Crippen molar-refractivity contribution in [3.8, 4) is 0 Å². The number of benzene rings is 3. The molecule has 1 amide bonds. The van der Waals surface area contributed by atoms with E-state index in [-0.39, 0.29) is 30.2 Å². The average Bonchev–Trinajstić information content (AvgIpc) is 3.21. The number of nitrogens with zero attached hydrogens (tertiary/aromatic N) is 3. The van der Waals surface area contributed by atoms with Crippen LogP contribution in [0.4, 0.5) is 0 Å². The van der Waals surface area contributed by atoms with Crippen LogP contribution < -0.4 is 4.80 Å². The van der Waals surface area contributed by atoms with E-state index in [1.807, 2.05) is 56.3 Å². The lowest BCUT2D eigenvalue weighted by molar-refractivity contribution is -0.143. The highest BCUT2D eigenvalue weighted by Crippen LogP contribution is 2.24. The molecule has 0 aliphatic rings. The summed E-state index contributed by atoms with van der Waals surface area (Å²) in [4.78, 5) is 30.2. The van der Waals surface area contributed by atoms with Gasteiger partial charge in [0.2, 0.25) is 10.0 Å². The normalized spacial score (nSPS) is 12.3. The number of carbonyl (C=O) groups is 2. The van der Waals surface area contributed by atoms with Gasteiger partial charge in [0.15, 0.2) is 4.80 Å². The van der Waals surface area contributed by atoms with Gasteiger partial charge in [0, 0.05) is 19.2 Å². The number of fused-ring (bicyclic) bond motifs is 1. The van der Waals surface area contributed by atoms with Gasteiger partial charge in [0.1, 0.15) is 6.54 Å². The summed E-state index contributed by atoms with van der Waals surface area (Å²) in [7, 11) is -2.23. The van der Waals surface area contributed by atoms with Crippen LogP contribution in [0, 0.1) is 13.8 Å². The van der Waals surface area contributed by atoms with Gasteiger partial charge in [-0.05, 0) is 67.8 Å². The number of hydrogen-bond donors (Lipinski definition) is 0. The van der Waals surface area contributed by atoms with Crippen LogP contribution in [-0.4, -0.2) is 42.8 Å². The Balaban J connectivity index is 1.65. The van der Waals surface area contributed by atoms with E-state index in [9.17, 15) is 18.0 Å². The Morgan fingerprint density at radius 2 is 1.71 bits per heavy atom. The quantitative estimate of drug-likeness (QED) is 0.302. The lowest BCUT2D eigenvalue weighted by Gasteiger charge is -2.17. The zero-order valence-corrected chi connectivity index (χ0v) is 23.3. The van der Waals surface area contributed by atoms with Crippen molar-refractivity contribution in [2.45, 2.75) is 38.8 Å². The smallest absolute Gasteiger partial charge is 0.326 e. The number of ether oxygens (including phenoxy) is 1. The van der Waals surface area contributed by atoms with Crippen molar-refractivity contribution in [1.29, 1.82) is 0 Å². The highest BCUT2D eigenvalue weighted by atomic mass is 32.2. The van der Waals surface area contributed by atoms with Crippen molar-refractivity contribution in [2.24, 2.45) is 4.99 Å². The van der Waals surface area contributed by atoms with E-state index in [1.165, 1.54) is 47.0 Å². The minimum absolute atomic E-state index is 0.0746. The summed E-state index contributed by atoms with van der Waals surface area (Å²) in [5, 5.41) is 0. The number of sulfonamides is 1. The van der Waals surface area contributed by atoms with Crippen LogP contribution >= 0.6 is 11.3 Å². The largest absolute Gasteiger partial charge is 0.465 e. The number of hydrogen-bond acceptors (Lipinski definition) is 6. The van der Waals surface area contributed by atoms with Crippen molar-refractivity contribution in [2.75, 3.05) is 13.7 Å². The second-order valence-electron chi connectivity index (χ2n) is 8.89. The molecule has 0 spiro atoms. The summed E-state index contributed by atoms with van der Waals surface area (Å²) in [6.45, 7) is 6.07. The number of amides is 1. The molecule has 0 unspecified atom stereocenters. The molecule has 0 radical (unpaired) electrons. The van der Waals surface area contributed by atoms with E-state index < -0.39 is 21.9 Å². The number of aromatic nitrogens is 1. The Hall–Kier alpha value is -3.60. The van der Waals surface area contributed by atoms with Crippen molar-refractivity contribution < 1.29 is 22.7 Å². The molecule has 0 saturated heterocycles. The molecule has 198 valence electrons. The topological polar surface area (TPSA) is 98.0 Å². The maximum atomic E-state index is 13.1. The third-order valence-corrected chi connectivity index (χ3v) is 8.80. The van der Waals surface area contributed by atoms with E-state index in [0.29, 0.717) is 4.80 Å². The molecule has 4 aromatic rings. The van der Waals surface area contributed by atoms with Gasteiger partial charge in [-0.25, -0.2) is 8.42 Å². The van der Waals surface area contributed by atoms with Gasteiger partial charge in [-0.2, -0.15) is 9.30 Å². The molecule has 3 aromatic carbocycles. The Morgan fingerprint density at radius 1 is 1.03 bits per heavy atom. The van der Waals surface area contributed by atoms with Crippen molar-refractivity contribution in [1.82, 2.24) is 8.87 Å². The number of carbonyl (C=O) groups excluding carboxylic acids is 2. The molecule has 1 heterocycles. The van der Waals surface area contributed by atoms with Gasteiger partial charge in [0.05, 0.1) is 21.7 Å². The van der Waals surface area contributed by atoms with Crippen LogP contribution in [0.15, 0.2) is 76.6 Å². The molecule has 4 rings (SSSR count). The monoisotopic (exact) mass is 551 g/mol. The van der Waals surface area contributed by atoms with E-state index in [1.54, 1.807) is 11.5 Å². The van der Waals surface area contributed by atoms with E-state index in [2.05, 4.69) is 4.99 Å². The lowest BCUT2D eigenvalue weighted by Crippen LogP contribution is -2.26. The second kappa shape index (κ2) is 11.4. The van der Waals surface area contributed by atoms with Gasteiger partial charge in [-0.15, -0.1) is 0 Å². The van der Waals surface area contributed by atoms with Gasteiger partial charge in [-0.1, -0.05) is 47.7 Å². The Morgan fingerprint density at radius 3 is 2.37 bits per heavy atom. The molecule has 1 aromatic heterocycles. The fourth-order valence-electron chi connectivity index (χ4n) is 4.19. The molecule has 10 heteroatoms. The minimum Gasteiger partial charge on any atom is -0.465 e. The van der Waals surface area contributed by atoms with Crippen LogP contribution in [0.1, 0.15) is 34.0 Å². The molecule has 0 atom stereocenters. The predicted molar refractivity (Wildman–Crippen MR) is 147 cm³/mol. The molecular formula is C28H29N3O5S2. The number of thiazole rings is 1. The van der Waals surface area contributed by atoms with Crippen molar-refractivity contribution >= 4 is 43.5 Å². The average molecular weight is 552 g/mol. The molecular weight excluding hydrogens is 522 g/mol. The first kappa shape index (κ1) is 27.4. The molecule has 0 bridgehead atoms. The van der Waals surface area contributed by atoms with Crippen LogP contribution in [0.25, 0.3) is 10.2 Å². The Bertz CT molecular complexity index is 1650. The Labute approximate surface area is 225 Å². The van der Waals surface area contributed by atoms with Gasteiger partial charge in [-0.3, -0.25) is 9.59 Å². The number of rotatable bonds is 8. The fraction of sp³-hybridized carbons (Fsp3) is 0.250. The highest BCUT2D eigenvalue weighted by molar-refractivity contribution is 7.89. The lowest BCUT2D eigenvalue weighted by atomic mass is 10.1. The van der Waals surface area contributed by atoms with E-state index in [4.69, 9.17) is 4.74 Å². The van der Waals surface area contributed by atoms with E-state index in [0.717, 1.165) is 26.9 Å². The SMILES string of the molecule is CCOC(=O)Cn1c(=NC(=O)c2ccc(S(=O)(=O)N(C)Cc3ccccc3)cc2)sc2cc(C)cc(C)c21. The van der Waals surface area contributed by atoms with Gasteiger partial charge < -0.3 is 9.30 Å². The molecule has 8 nitrogen and oxygen atoms in total. The zero-order valence-electron chi connectivity index (χ0n) is 21.7. The van der Waals surface area contributed by atoms with Crippen LogP contribution in [-0.2, 0) is 32.6 Å². The summed E-state index contributed by atoms with van der Waals surface area (Å²) < 4.78 is 35.1. The minimum atomic E-state index is -3.75. The third-order valence-electron chi connectivity index (χ3n) is 5.96. The molecule has 0 N–H and O–H groups in total. The molecule has 0 aliphatic carbocycles. The molecule has 38 heavy (non-hydrogen) atoms. The fourth-order valence-corrected chi connectivity index (χ4v) is 6.55. The first-order chi connectivity index (χ1) is 18.1. The summed E-state index contributed by atoms with van der Waals surface area (Å²) in [5.41, 5.74) is 3.95. The van der Waals surface area contributed by atoms with Gasteiger partial charge >= 0.3 is 5.97 Å². The maximum Gasteiger partial charge on any atom is 0.326 e.